The summed E-state index contributed by atoms with van der Waals surface area (Å²) in [6.07, 6.45) is 0.874. The van der Waals surface area contributed by atoms with E-state index in [-0.39, 0.29) is 18.0 Å². The van der Waals surface area contributed by atoms with E-state index in [1.807, 2.05) is 62.7 Å². The van der Waals surface area contributed by atoms with Gasteiger partial charge >= 0.3 is 5.69 Å². The molecule has 5 nitrogen and oxygen atoms in total. The SMILES string of the molecule is CCCn1c(=O)n(CC(=O)c2cc(C)n(C)c2C)c2ccccc21. The summed E-state index contributed by atoms with van der Waals surface area (Å²) >= 11 is 0. The number of hydrogen-bond acceptors (Lipinski definition) is 2. The molecule has 0 spiro atoms. The molecule has 0 unspecified atom stereocenters. The van der Waals surface area contributed by atoms with Crippen molar-refractivity contribution in [2.45, 2.75) is 40.3 Å². The normalized spacial score (nSPS) is 11.3. The van der Waals surface area contributed by atoms with Gasteiger partial charge in [0, 0.05) is 30.5 Å². The van der Waals surface area contributed by atoms with Crippen molar-refractivity contribution in [3.8, 4) is 0 Å². The zero-order valence-corrected chi connectivity index (χ0v) is 14.7. The van der Waals surface area contributed by atoms with Crippen molar-refractivity contribution in [1.29, 1.82) is 0 Å². The van der Waals surface area contributed by atoms with Gasteiger partial charge in [-0.25, -0.2) is 4.79 Å². The first kappa shape index (κ1) is 16.3. The Morgan fingerprint density at radius 2 is 1.71 bits per heavy atom. The molecule has 0 radical (unpaired) electrons. The molecular formula is C19H23N3O2. The van der Waals surface area contributed by atoms with Crippen LogP contribution < -0.4 is 5.69 Å². The number of fused-ring (bicyclic) bond motifs is 1. The molecule has 24 heavy (non-hydrogen) atoms. The highest BCUT2D eigenvalue weighted by atomic mass is 16.2. The second-order valence-electron chi connectivity index (χ2n) is 6.28. The fourth-order valence-electron chi connectivity index (χ4n) is 3.23. The molecule has 3 aromatic rings. The Morgan fingerprint density at radius 3 is 2.25 bits per heavy atom. The summed E-state index contributed by atoms with van der Waals surface area (Å²) in [7, 11) is 1.95. The van der Waals surface area contributed by atoms with Crippen LogP contribution in [0.5, 0.6) is 0 Å². The Morgan fingerprint density at radius 1 is 1.08 bits per heavy atom. The molecule has 5 heteroatoms. The lowest BCUT2D eigenvalue weighted by Gasteiger charge is -2.04. The number of hydrogen-bond donors (Lipinski definition) is 0. The highest BCUT2D eigenvalue weighted by Gasteiger charge is 2.18. The predicted molar refractivity (Wildman–Crippen MR) is 95.7 cm³/mol. The van der Waals surface area contributed by atoms with Crippen molar-refractivity contribution in [1.82, 2.24) is 13.7 Å². The third-order valence-electron chi connectivity index (χ3n) is 4.75. The number of carbonyl (C=O) groups is 1. The van der Waals surface area contributed by atoms with Gasteiger partial charge in [-0.05, 0) is 38.5 Å². The molecule has 0 bridgehead atoms. The van der Waals surface area contributed by atoms with Crippen LogP contribution in [0.1, 0.15) is 35.1 Å². The summed E-state index contributed by atoms with van der Waals surface area (Å²) in [5.41, 5.74) is 4.25. The van der Waals surface area contributed by atoms with Gasteiger partial charge in [-0.1, -0.05) is 19.1 Å². The van der Waals surface area contributed by atoms with E-state index in [0.29, 0.717) is 12.1 Å². The quantitative estimate of drug-likeness (QED) is 0.677. The molecule has 0 aliphatic heterocycles. The summed E-state index contributed by atoms with van der Waals surface area (Å²) in [6.45, 7) is 6.68. The number of para-hydroxylation sites is 2. The van der Waals surface area contributed by atoms with Crippen LogP contribution in [0.4, 0.5) is 0 Å². The molecule has 0 aliphatic rings. The predicted octanol–water partition coefficient (Wildman–Crippen LogP) is 3.05. The zero-order chi connectivity index (χ0) is 17.4. The number of nitrogens with zero attached hydrogens (tertiary/aromatic N) is 3. The molecule has 3 rings (SSSR count). The van der Waals surface area contributed by atoms with Crippen molar-refractivity contribution in [3.05, 3.63) is 57.8 Å². The molecule has 0 N–H and O–H groups in total. The molecule has 1 aromatic carbocycles. The third kappa shape index (κ3) is 2.50. The van der Waals surface area contributed by atoms with Crippen LogP contribution in [-0.2, 0) is 20.1 Å². The average Bonchev–Trinajstić information content (AvgIpc) is 2.98. The number of Topliss-reactive ketones (excluding diaryl/α,β-unsaturated/α-hetero) is 1. The molecule has 0 amide bonds. The molecule has 126 valence electrons. The Hall–Kier alpha value is -2.56. The van der Waals surface area contributed by atoms with E-state index in [4.69, 9.17) is 0 Å². The highest BCUT2D eigenvalue weighted by molar-refractivity contribution is 5.98. The van der Waals surface area contributed by atoms with Crippen molar-refractivity contribution in [3.63, 3.8) is 0 Å². The van der Waals surface area contributed by atoms with E-state index >= 15 is 0 Å². The van der Waals surface area contributed by atoms with E-state index in [9.17, 15) is 9.59 Å². The van der Waals surface area contributed by atoms with Crippen molar-refractivity contribution in [2.24, 2.45) is 7.05 Å². The lowest BCUT2D eigenvalue weighted by Crippen LogP contribution is -2.27. The maximum atomic E-state index is 12.8. The molecular weight excluding hydrogens is 302 g/mol. The van der Waals surface area contributed by atoms with Gasteiger partial charge in [-0.2, -0.15) is 0 Å². The molecule has 0 atom stereocenters. The molecule has 0 aliphatic carbocycles. The number of imidazole rings is 1. The lowest BCUT2D eigenvalue weighted by atomic mass is 10.1. The Kier molecular flexibility index (Phi) is 4.18. The van der Waals surface area contributed by atoms with Crippen molar-refractivity contribution in [2.75, 3.05) is 0 Å². The molecule has 2 heterocycles. The Bertz CT molecular complexity index is 973. The number of aryl methyl sites for hydroxylation is 2. The van der Waals surface area contributed by atoms with Gasteiger partial charge in [0.1, 0.15) is 0 Å². The van der Waals surface area contributed by atoms with E-state index < -0.39 is 0 Å². The van der Waals surface area contributed by atoms with Crippen LogP contribution in [0.25, 0.3) is 11.0 Å². The lowest BCUT2D eigenvalue weighted by molar-refractivity contribution is 0.0971. The van der Waals surface area contributed by atoms with E-state index in [1.165, 1.54) is 0 Å². The molecule has 0 saturated carbocycles. The number of ketones is 1. The second kappa shape index (κ2) is 6.15. The zero-order valence-electron chi connectivity index (χ0n) is 14.7. The second-order valence-corrected chi connectivity index (χ2v) is 6.28. The van der Waals surface area contributed by atoms with Crippen molar-refractivity contribution >= 4 is 16.8 Å². The van der Waals surface area contributed by atoms with Gasteiger partial charge in [-0.3, -0.25) is 13.9 Å². The average molecular weight is 325 g/mol. The summed E-state index contributed by atoms with van der Waals surface area (Å²) in [5, 5.41) is 0. The van der Waals surface area contributed by atoms with Gasteiger partial charge < -0.3 is 4.57 Å². The fraction of sp³-hybridized carbons (Fsp3) is 0.368. The van der Waals surface area contributed by atoms with Crippen LogP contribution in [0, 0.1) is 13.8 Å². The fourth-order valence-corrected chi connectivity index (χ4v) is 3.23. The van der Waals surface area contributed by atoms with E-state index in [2.05, 4.69) is 0 Å². The molecule has 0 fully saturated rings. The summed E-state index contributed by atoms with van der Waals surface area (Å²) < 4.78 is 5.34. The summed E-state index contributed by atoms with van der Waals surface area (Å²) in [6, 6.07) is 9.56. The molecule has 2 aromatic heterocycles. The standard InChI is InChI=1S/C19H23N3O2/c1-5-10-21-16-8-6-7-9-17(16)22(19(21)24)12-18(23)15-11-13(2)20(4)14(15)3/h6-9,11H,5,10,12H2,1-4H3. The minimum absolute atomic E-state index is 0.0299. The van der Waals surface area contributed by atoms with E-state index in [0.717, 1.165) is 28.8 Å². The van der Waals surface area contributed by atoms with Crippen LogP contribution in [0.2, 0.25) is 0 Å². The monoisotopic (exact) mass is 325 g/mol. The summed E-state index contributed by atoms with van der Waals surface area (Å²) in [5.74, 6) is -0.0299. The highest BCUT2D eigenvalue weighted by Crippen LogP contribution is 2.17. The number of carbonyl (C=O) groups excluding carboxylic acids is 1. The Balaban J connectivity index is 2.07. The van der Waals surface area contributed by atoms with Crippen molar-refractivity contribution < 1.29 is 4.79 Å². The smallest absolute Gasteiger partial charge is 0.329 e. The van der Waals surface area contributed by atoms with Crippen LogP contribution >= 0.6 is 0 Å². The topological polar surface area (TPSA) is 48.9 Å². The minimum Gasteiger partial charge on any atom is -0.351 e. The number of rotatable bonds is 5. The first-order valence-corrected chi connectivity index (χ1v) is 8.29. The van der Waals surface area contributed by atoms with Gasteiger partial charge in [0.15, 0.2) is 5.78 Å². The van der Waals surface area contributed by atoms with Gasteiger partial charge in [0.2, 0.25) is 0 Å². The van der Waals surface area contributed by atoms with Crippen LogP contribution in [0.15, 0.2) is 35.1 Å². The maximum absolute atomic E-state index is 12.8. The van der Waals surface area contributed by atoms with Gasteiger partial charge in [0.05, 0.1) is 17.6 Å². The minimum atomic E-state index is -0.114. The first-order chi connectivity index (χ1) is 11.5. The maximum Gasteiger partial charge on any atom is 0.329 e. The van der Waals surface area contributed by atoms with Crippen LogP contribution in [0.3, 0.4) is 0 Å². The van der Waals surface area contributed by atoms with Gasteiger partial charge in [0.25, 0.3) is 0 Å². The first-order valence-electron chi connectivity index (χ1n) is 8.29. The Labute approximate surface area is 141 Å². The van der Waals surface area contributed by atoms with Crippen LogP contribution in [-0.4, -0.2) is 19.5 Å². The largest absolute Gasteiger partial charge is 0.351 e. The number of aromatic nitrogens is 3. The third-order valence-corrected chi connectivity index (χ3v) is 4.75. The molecule has 0 saturated heterocycles. The summed E-state index contributed by atoms with van der Waals surface area (Å²) in [4.78, 5) is 25.6. The number of benzene rings is 1. The van der Waals surface area contributed by atoms with Gasteiger partial charge in [-0.15, -0.1) is 0 Å². The van der Waals surface area contributed by atoms with E-state index in [1.54, 1.807) is 9.13 Å².